The van der Waals surface area contributed by atoms with E-state index < -0.39 is 8.60 Å². The summed E-state index contributed by atoms with van der Waals surface area (Å²) in [6.45, 7) is 0. The minimum Gasteiger partial charge on any atom is -0.854 e. The van der Waals surface area contributed by atoms with Crippen molar-refractivity contribution in [2.24, 2.45) is 0 Å². The van der Waals surface area contributed by atoms with E-state index in [1.165, 1.54) is 0 Å². The third-order valence-corrected chi connectivity index (χ3v) is 0. The second-order valence-corrected chi connectivity index (χ2v) is 0.671. The van der Waals surface area contributed by atoms with Gasteiger partial charge >= 0.3 is 175 Å². The monoisotopic (exact) mass is 334 g/mol. The van der Waals surface area contributed by atoms with Crippen LogP contribution in [0.3, 0.4) is 0 Å². The molecule has 7 heavy (non-hydrogen) atoms. The fraction of sp³-hybridized carbons (Fsp3) is 0. The first kappa shape index (κ1) is 23.0. The Balaban J connectivity index is -0.0000000150. The summed E-state index contributed by atoms with van der Waals surface area (Å²) >= 11 is 0. The molecule has 0 atom stereocenters. The smallest absolute Gasteiger partial charge is 0.854 e. The van der Waals surface area contributed by atoms with Gasteiger partial charge in [0.1, 0.15) is 0 Å². The molecule has 26 valence electrons. The molecule has 0 saturated heterocycles. The van der Waals surface area contributed by atoms with E-state index in [9.17, 15) is 0 Å². The zero-order valence-corrected chi connectivity index (χ0v) is 20.3. The van der Waals surface area contributed by atoms with E-state index in [1.807, 2.05) is 0 Å². The van der Waals surface area contributed by atoms with Gasteiger partial charge in [0.25, 0.3) is 0 Å². The van der Waals surface area contributed by atoms with Crippen LogP contribution < -0.4 is 189 Å². The van der Waals surface area contributed by atoms with Crippen molar-refractivity contribution in [1.29, 1.82) is 0 Å². The fourth-order valence-electron chi connectivity index (χ4n) is 0. The Morgan fingerprint density at radius 3 is 0.714 bits per heavy atom. The van der Waals surface area contributed by atoms with Gasteiger partial charge in [-0.05, 0) is 0 Å². The molecule has 0 N–H and O–H groups in total. The standard InChI is InChI=1S/O3P.3Rb/c1-4(2)3;;;/q-3;3*+1. The molecule has 0 fully saturated rings. The Kier molecular flexibility index (Phi) is 58.2. The first-order valence-corrected chi connectivity index (χ1v) is 1.64. The Labute approximate surface area is 190 Å². The van der Waals surface area contributed by atoms with Crippen LogP contribution in [-0.4, -0.2) is 0 Å². The summed E-state index contributed by atoms with van der Waals surface area (Å²) in [5.74, 6) is 0. The maximum atomic E-state index is 8.48. The van der Waals surface area contributed by atoms with Crippen LogP contribution >= 0.6 is 8.60 Å². The molecular formula is O3PRb3. The molecule has 7 heteroatoms. The Morgan fingerprint density at radius 1 is 0.714 bits per heavy atom. The van der Waals surface area contributed by atoms with Crippen LogP contribution in [0.25, 0.3) is 0 Å². The van der Waals surface area contributed by atoms with E-state index in [1.54, 1.807) is 0 Å². The van der Waals surface area contributed by atoms with Crippen molar-refractivity contribution in [2.75, 3.05) is 0 Å². The van der Waals surface area contributed by atoms with Crippen molar-refractivity contribution in [3.8, 4) is 0 Å². The van der Waals surface area contributed by atoms with E-state index in [2.05, 4.69) is 0 Å². The molecule has 0 aliphatic rings. The first-order valence-electron chi connectivity index (χ1n) is 0.548. The zero-order valence-electron chi connectivity index (χ0n) is 4.67. The molecule has 0 heterocycles. The van der Waals surface area contributed by atoms with Gasteiger partial charge < -0.3 is 23.3 Å². The van der Waals surface area contributed by atoms with E-state index >= 15 is 0 Å². The SMILES string of the molecule is [O-]P([O-])[O-].[Rb+].[Rb+].[Rb+]. The summed E-state index contributed by atoms with van der Waals surface area (Å²) in [7, 11) is -3.37. The largest absolute Gasteiger partial charge is 1.00 e. The molecule has 0 aliphatic carbocycles. The summed E-state index contributed by atoms with van der Waals surface area (Å²) < 4.78 is 0. The third kappa shape index (κ3) is 33.8. The normalized spacial score (nSPS) is 5.14. The van der Waals surface area contributed by atoms with Crippen LogP contribution in [0.5, 0.6) is 0 Å². The summed E-state index contributed by atoms with van der Waals surface area (Å²) in [5.41, 5.74) is 0. The zero-order chi connectivity index (χ0) is 3.58. The van der Waals surface area contributed by atoms with Gasteiger partial charge in [-0.2, -0.15) is 0 Å². The Morgan fingerprint density at radius 2 is 0.714 bits per heavy atom. The van der Waals surface area contributed by atoms with Gasteiger partial charge in [0.2, 0.25) is 0 Å². The predicted octanol–water partition coefficient (Wildman–Crippen LogP) is -11.7. The third-order valence-electron chi connectivity index (χ3n) is 0. The Bertz CT molecular complexity index is 14.9. The van der Waals surface area contributed by atoms with Crippen molar-refractivity contribution >= 4 is 8.60 Å². The van der Waals surface area contributed by atoms with Gasteiger partial charge in [0, 0.05) is 0 Å². The molecule has 0 spiro atoms. The van der Waals surface area contributed by atoms with E-state index in [0.29, 0.717) is 0 Å². The maximum Gasteiger partial charge on any atom is 1.00 e. The van der Waals surface area contributed by atoms with Crippen molar-refractivity contribution in [1.82, 2.24) is 0 Å². The molecule has 0 radical (unpaired) electrons. The van der Waals surface area contributed by atoms with Gasteiger partial charge in [-0.1, -0.05) is 0 Å². The molecular weight excluding hydrogens is 335 g/mol. The molecule has 0 amide bonds. The van der Waals surface area contributed by atoms with Crippen molar-refractivity contribution in [3.63, 3.8) is 0 Å². The van der Waals surface area contributed by atoms with Crippen molar-refractivity contribution < 1.29 is 189 Å². The molecule has 0 saturated carbocycles. The fourth-order valence-corrected chi connectivity index (χ4v) is 0. The van der Waals surface area contributed by atoms with Crippen LogP contribution in [0.15, 0.2) is 0 Å². The van der Waals surface area contributed by atoms with Crippen molar-refractivity contribution in [3.05, 3.63) is 0 Å². The summed E-state index contributed by atoms with van der Waals surface area (Å²) in [6, 6.07) is 0. The second kappa shape index (κ2) is 17.7. The molecule has 0 aliphatic heterocycles. The molecule has 0 rings (SSSR count). The number of hydrogen-bond donors (Lipinski definition) is 0. The molecule has 0 aromatic heterocycles. The van der Waals surface area contributed by atoms with Crippen molar-refractivity contribution in [2.45, 2.75) is 0 Å². The molecule has 0 aromatic rings. The van der Waals surface area contributed by atoms with Crippen LogP contribution in [0.2, 0.25) is 0 Å². The average molecular weight is 335 g/mol. The van der Waals surface area contributed by atoms with E-state index in [4.69, 9.17) is 14.7 Å². The summed E-state index contributed by atoms with van der Waals surface area (Å²) in [5, 5.41) is 0. The second-order valence-electron chi connectivity index (χ2n) is 0.224. The van der Waals surface area contributed by atoms with E-state index in [0.717, 1.165) is 0 Å². The molecule has 0 bridgehead atoms. The van der Waals surface area contributed by atoms with Gasteiger partial charge in [-0.3, -0.25) is 0 Å². The van der Waals surface area contributed by atoms with Gasteiger partial charge in [-0.25, -0.2) is 0 Å². The van der Waals surface area contributed by atoms with Gasteiger partial charge in [-0.15, -0.1) is 0 Å². The predicted molar refractivity (Wildman–Crippen MR) is 6.92 cm³/mol. The van der Waals surface area contributed by atoms with E-state index in [-0.39, 0.29) is 175 Å². The van der Waals surface area contributed by atoms with Crippen LogP contribution in [0, 0.1) is 0 Å². The van der Waals surface area contributed by atoms with Crippen LogP contribution in [-0.2, 0) is 0 Å². The van der Waals surface area contributed by atoms with Gasteiger partial charge in [0.15, 0.2) is 0 Å². The van der Waals surface area contributed by atoms with Crippen LogP contribution in [0.4, 0.5) is 0 Å². The topological polar surface area (TPSA) is 69.2 Å². The Hall–Kier alpha value is 5.73. The minimum absolute atomic E-state index is 0. The number of hydrogen-bond acceptors (Lipinski definition) is 3. The minimum atomic E-state index is -3.37. The quantitative estimate of drug-likeness (QED) is 0.413. The first-order chi connectivity index (χ1) is 1.73. The maximum absolute atomic E-state index is 8.48. The number of rotatable bonds is 0. The summed E-state index contributed by atoms with van der Waals surface area (Å²) in [4.78, 5) is 25.4. The summed E-state index contributed by atoms with van der Waals surface area (Å²) in [6.07, 6.45) is 0. The molecule has 0 unspecified atom stereocenters. The molecule has 3 nitrogen and oxygen atoms in total. The average Bonchev–Trinajstić information content (AvgIpc) is 0.811. The molecule has 0 aromatic carbocycles. The van der Waals surface area contributed by atoms with Gasteiger partial charge in [0.05, 0.1) is 0 Å². The van der Waals surface area contributed by atoms with Crippen LogP contribution in [0.1, 0.15) is 0 Å².